The van der Waals surface area contributed by atoms with Gasteiger partial charge >= 0.3 is 5.97 Å². The van der Waals surface area contributed by atoms with E-state index in [1.807, 2.05) is 26.0 Å². The summed E-state index contributed by atoms with van der Waals surface area (Å²) in [6, 6.07) is 3.83. The summed E-state index contributed by atoms with van der Waals surface area (Å²) >= 11 is 0. The van der Waals surface area contributed by atoms with Crippen molar-refractivity contribution in [1.29, 1.82) is 0 Å². The average Bonchev–Trinajstić information content (AvgIpc) is 2.90. The van der Waals surface area contributed by atoms with E-state index in [9.17, 15) is 14.0 Å². The number of carbonyl (C=O) groups excluding carboxylic acids is 2. The first-order chi connectivity index (χ1) is 13.7. The molecule has 29 heavy (non-hydrogen) atoms. The van der Waals surface area contributed by atoms with Gasteiger partial charge in [-0.2, -0.15) is 0 Å². The van der Waals surface area contributed by atoms with Crippen LogP contribution in [0.5, 0.6) is 0 Å². The molecule has 0 radical (unpaired) electrons. The summed E-state index contributed by atoms with van der Waals surface area (Å²) in [7, 11) is 0. The fourth-order valence-corrected chi connectivity index (χ4v) is 3.61. The van der Waals surface area contributed by atoms with Crippen molar-refractivity contribution in [3.8, 4) is 12.3 Å². The molecule has 0 bridgehead atoms. The molecule has 1 aromatic rings. The van der Waals surface area contributed by atoms with Crippen LogP contribution >= 0.6 is 0 Å². The largest absolute Gasteiger partial charge is 0.430 e. The highest BCUT2D eigenvalue weighted by molar-refractivity contribution is 6.25. The van der Waals surface area contributed by atoms with Crippen LogP contribution in [0, 0.1) is 32.1 Å². The average molecular weight is 392 g/mol. The molecule has 0 saturated heterocycles. The first-order valence-electron chi connectivity index (χ1n) is 9.37. The molecular weight excluding hydrogens is 367 g/mol. The van der Waals surface area contributed by atoms with Gasteiger partial charge < -0.3 is 4.74 Å². The lowest BCUT2D eigenvalue weighted by Crippen LogP contribution is -2.10. The maximum absolute atomic E-state index is 13.1. The van der Waals surface area contributed by atoms with Gasteiger partial charge in [0.25, 0.3) is 0 Å². The third-order valence-corrected chi connectivity index (χ3v) is 4.79. The van der Waals surface area contributed by atoms with E-state index in [2.05, 4.69) is 12.5 Å². The molecule has 2 rings (SSSR count). The zero-order valence-corrected chi connectivity index (χ0v) is 17.3. The van der Waals surface area contributed by atoms with Crippen LogP contribution in [-0.4, -0.2) is 11.8 Å². The van der Waals surface area contributed by atoms with Crippen LogP contribution in [0.1, 0.15) is 48.9 Å². The molecule has 1 aliphatic rings. The highest BCUT2D eigenvalue weighted by Crippen LogP contribution is 2.40. The van der Waals surface area contributed by atoms with Crippen molar-refractivity contribution in [2.75, 3.05) is 0 Å². The van der Waals surface area contributed by atoms with E-state index in [4.69, 9.17) is 11.2 Å². The van der Waals surface area contributed by atoms with Gasteiger partial charge in [-0.05, 0) is 54.7 Å². The number of halogens is 1. The lowest BCUT2D eigenvalue weighted by atomic mass is 9.88. The SMILES string of the molecule is C#CCC1CC(OC(C)=O)=C(c2c(C)cc(/C(C=C)=C/C=C(\C)F)cc2C)C1=O. The van der Waals surface area contributed by atoms with E-state index < -0.39 is 5.97 Å². The minimum atomic E-state index is -0.469. The third kappa shape index (κ3) is 5.00. The van der Waals surface area contributed by atoms with Crippen molar-refractivity contribution in [2.24, 2.45) is 5.92 Å². The maximum Gasteiger partial charge on any atom is 0.307 e. The Morgan fingerprint density at radius 1 is 1.31 bits per heavy atom. The van der Waals surface area contributed by atoms with Gasteiger partial charge in [-0.25, -0.2) is 4.39 Å². The minimum Gasteiger partial charge on any atom is -0.430 e. The summed E-state index contributed by atoms with van der Waals surface area (Å²) in [5.74, 6) is 1.64. The fraction of sp³-hybridized carbons (Fsp3) is 0.280. The molecule has 0 saturated carbocycles. The Balaban J connectivity index is 2.61. The second-order valence-corrected chi connectivity index (χ2v) is 7.13. The van der Waals surface area contributed by atoms with E-state index in [1.165, 1.54) is 19.9 Å². The number of esters is 1. The molecular formula is C25H25FO3. The molecule has 0 aromatic heterocycles. The summed E-state index contributed by atoms with van der Waals surface area (Å²) in [5.41, 5.74) is 4.49. The topological polar surface area (TPSA) is 43.4 Å². The highest BCUT2D eigenvalue weighted by Gasteiger charge is 2.36. The Morgan fingerprint density at radius 2 is 1.93 bits per heavy atom. The second kappa shape index (κ2) is 9.34. The monoisotopic (exact) mass is 392 g/mol. The summed E-state index contributed by atoms with van der Waals surface area (Å²) in [5, 5.41) is 0. The van der Waals surface area contributed by atoms with Crippen molar-refractivity contribution < 1.29 is 18.7 Å². The van der Waals surface area contributed by atoms with Crippen LogP contribution in [0.2, 0.25) is 0 Å². The molecule has 0 fully saturated rings. The Labute approximate surface area is 171 Å². The molecule has 0 amide bonds. The van der Waals surface area contributed by atoms with E-state index >= 15 is 0 Å². The molecule has 4 heteroatoms. The minimum absolute atomic E-state index is 0.103. The lowest BCUT2D eigenvalue weighted by Gasteiger charge is -2.15. The molecule has 0 heterocycles. The van der Waals surface area contributed by atoms with Gasteiger partial charge in [-0.3, -0.25) is 9.59 Å². The molecule has 150 valence electrons. The Hall–Kier alpha value is -3.19. The first-order valence-corrected chi connectivity index (χ1v) is 9.37. The van der Waals surface area contributed by atoms with Crippen molar-refractivity contribution in [2.45, 2.75) is 40.5 Å². The smallest absolute Gasteiger partial charge is 0.307 e. The molecule has 0 aliphatic heterocycles. The molecule has 1 unspecified atom stereocenters. The third-order valence-electron chi connectivity index (χ3n) is 4.79. The van der Waals surface area contributed by atoms with Gasteiger partial charge in [-0.1, -0.05) is 30.9 Å². The number of rotatable bonds is 6. The number of ether oxygens (including phenoxy) is 1. The number of benzene rings is 1. The number of hydrogen-bond acceptors (Lipinski definition) is 3. The van der Waals surface area contributed by atoms with Gasteiger partial charge in [0, 0.05) is 25.7 Å². The van der Waals surface area contributed by atoms with Crippen LogP contribution < -0.4 is 0 Å². The van der Waals surface area contributed by atoms with Crippen LogP contribution in [0.4, 0.5) is 4.39 Å². The number of hydrogen-bond donors (Lipinski definition) is 0. The van der Waals surface area contributed by atoms with Crippen LogP contribution in [0.3, 0.4) is 0 Å². The Bertz CT molecular complexity index is 972. The summed E-state index contributed by atoms with van der Waals surface area (Å²) in [6.45, 7) is 10.3. The summed E-state index contributed by atoms with van der Waals surface area (Å²) in [6.07, 6.45) is 10.7. The second-order valence-electron chi connectivity index (χ2n) is 7.13. The maximum atomic E-state index is 13.1. The molecule has 0 spiro atoms. The number of aryl methyl sites for hydroxylation is 2. The van der Waals surface area contributed by atoms with Gasteiger partial charge in [0.1, 0.15) is 5.76 Å². The highest BCUT2D eigenvalue weighted by atomic mass is 19.1. The van der Waals surface area contributed by atoms with Gasteiger partial charge in [-0.15, -0.1) is 12.3 Å². The van der Waals surface area contributed by atoms with Crippen molar-refractivity contribution >= 4 is 22.9 Å². The molecule has 1 aliphatic carbocycles. The van der Waals surface area contributed by atoms with Crippen LogP contribution in [-0.2, 0) is 14.3 Å². The van der Waals surface area contributed by atoms with Crippen molar-refractivity contribution in [1.82, 2.24) is 0 Å². The fourth-order valence-electron chi connectivity index (χ4n) is 3.61. The molecule has 1 atom stereocenters. The Morgan fingerprint density at radius 3 is 2.41 bits per heavy atom. The number of Topliss-reactive ketones (excluding diaryl/α,β-unsaturated/α-hetero) is 1. The number of allylic oxidation sites excluding steroid dienone is 7. The zero-order chi connectivity index (χ0) is 21.7. The zero-order valence-electron chi connectivity index (χ0n) is 17.3. The van der Waals surface area contributed by atoms with Crippen molar-refractivity contribution in [3.05, 3.63) is 70.8 Å². The van der Waals surface area contributed by atoms with Gasteiger partial charge in [0.2, 0.25) is 0 Å². The van der Waals surface area contributed by atoms with Gasteiger partial charge in [0.05, 0.1) is 11.4 Å². The standard InChI is InChI=1S/C25H25FO3/c1-7-9-20-14-22(29-18(6)27)24(25(20)28)23-15(3)12-21(13-16(23)4)19(8-2)11-10-17(5)26/h1,8,10-13,20H,2,9,14H2,3-6H3/b17-10+,19-11+. The molecule has 3 nitrogen and oxygen atoms in total. The van der Waals surface area contributed by atoms with E-state index in [-0.39, 0.29) is 17.5 Å². The number of carbonyl (C=O) groups is 2. The molecule has 1 aromatic carbocycles. The number of terminal acetylenes is 1. The predicted octanol–water partition coefficient (Wildman–Crippen LogP) is 5.63. The van der Waals surface area contributed by atoms with Crippen LogP contribution in [0.15, 0.2) is 48.5 Å². The normalized spacial score (nSPS) is 17.4. The number of ketones is 1. The quantitative estimate of drug-likeness (QED) is 0.358. The van der Waals surface area contributed by atoms with E-state index in [1.54, 1.807) is 12.2 Å². The van der Waals surface area contributed by atoms with E-state index in [0.717, 1.165) is 27.8 Å². The summed E-state index contributed by atoms with van der Waals surface area (Å²) in [4.78, 5) is 24.6. The van der Waals surface area contributed by atoms with Crippen molar-refractivity contribution in [3.63, 3.8) is 0 Å². The summed E-state index contributed by atoms with van der Waals surface area (Å²) < 4.78 is 18.5. The predicted molar refractivity (Wildman–Crippen MR) is 114 cm³/mol. The Kier molecular flexibility index (Phi) is 7.12. The molecule has 0 N–H and O–H groups in total. The lowest BCUT2D eigenvalue weighted by molar-refractivity contribution is -0.137. The first kappa shape index (κ1) is 22.1. The van der Waals surface area contributed by atoms with Gasteiger partial charge in [0.15, 0.2) is 5.78 Å². The van der Waals surface area contributed by atoms with E-state index in [0.29, 0.717) is 24.2 Å². The van der Waals surface area contributed by atoms with Crippen LogP contribution in [0.25, 0.3) is 11.1 Å².